The SMILES string of the molecule is Cc1cc(-c2ccc(C(F)(F)F)cc2)nc(C#CCC2(N)CCN(C)C2=O)n1. The quantitative estimate of drug-likeness (QED) is 0.803. The zero-order valence-corrected chi connectivity index (χ0v) is 15.5. The zero-order chi connectivity index (χ0) is 20.5. The minimum Gasteiger partial charge on any atom is -0.344 e. The summed E-state index contributed by atoms with van der Waals surface area (Å²) in [7, 11) is 1.70. The molecule has 1 saturated heterocycles. The molecule has 0 spiro atoms. The van der Waals surface area contributed by atoms with Gasteiger partial charge in [0.25, 0.3) is 0 Å². The van der Waals surface area contributed by atoms with Gasteiger partial charge in [-0.2, -0.15) is 13.2 Å². The summed E-state index contributed by atoms with van der Waals surface area (Å²) in [6, 6.07) is 6.43. The summed E-state index contributed by atoms with van der Waals surface area (Å²) in [5.41, 5.74) is 6.05. The average molecular weight is 388 g/mol. The lowest BCUT2D eigenvalue weighted by Crippen LogP contribution is -2.46. The summed E-state index contributed by atoms with van der Waals surface area (Å²) in [4.78, 5) is 22.2. The molecule has 1 fully saturated rings. The van der Waals surface area contributed by atoms with Gasteiger partial charge in [0.15, 0.2) is 0 Å². The van der Waals surface area contributed by atoms with Crippen LogP contribution in [0.25, 0.3) is 11.3 Å². The normalized spacial score (nSPS) is 19.5. The van der Waals surface area contributed by atoms with Gasteiger partial charge in [0, 0.05) is 31.3 Å². The molecule has 1 aromatic carbocycles. The molecule has 1 unspecified atom stereocenters. The lowest BCUT2D eigenvalue weighted by Gasteiger charge is -2.18. The highest BCUT2D eigenvalue weighted by atomic mass is 19.4. The number of aryl methyl sites for hydroxylation is 1. The third kappa shape index (κ3) is 4.15. The molecule has 8 heteroatoms. The zero-order valence-electron chi connectivity index (χ0n) is 15.5. The highest BCUT2D eigenvalue weighted by Crippen LogP contribution is 2.30. The summed E-state index contributed by atoms with van der Waals surface area (Å²) in [6.45, 7) is 2.34. The van der Waals surface area contributed by atoms with Crippen LogP contribution in [0.15, 0.2) is 30.3 Å². The topological polar surface area (TPSA) is 72.1 Å². The number of hydrogen-bond acceptors (Lipinski definition) is 4. The van der Waals surface area contributed by atoms with E-state index in [0.717, 1.165) is 12.1 Å². The predicted molar refractivity (Wildman–Crippen MR) is 97.9 cm³/mol. The van der Waals surface area contributed by atoms with Gasteiger partial charge in [-0.05, 0) is 37.5 Å². The molecule has 2 aromatic rings. The third-order valence-corrected chi connectivity index (χ3v) is 4.63. The van der Waals surface area contributed by atoms with Crippen molar-refractivity contribution in [1.82, 2.24) is 14.9 Å². The van der Waals surface area contributed by atoms with Crippen molar-refractivity contribution in [1.29, 1.82) is 0 Å². The van der Waals surface area contributed by atoms with Crippen molar-refractivity contribution in [2.24, 2.45) is 5.73 Å². The monoisotopic (exact) mass is 388 g/mol. The number of likely N-dealkylation sites (N-methyl/N-ethyl adjacent to an activating group) is 1. The van der Waals surface area contributed by atoms with Crippen molar-refractivity contribution in [2.75, 3.05) is 13.6 Å². The maximum absolute atomic E-state index is 12.7. The molecule has 0 saturated carbocycles. The third-order valence-electron chi connectivity index (χ3n) is 4.63. The summed E-state index contributed by atoms with van der Waals surface area (Å²) in [5, 5.41) is 0. The fourth-order valence-electron chi connectivity index (χ4n) is 3.00. The standard InChI is InChI=1S/C20H19F3N4O/c1-13-12-16(14-5-7-15(8-6-14)20(21,22)23)26-17(25-13)4-3-9-19(24)10-11-27(2)18(19)28/h5-8,12H,9-11,24H2,1-2H3. The smallest absolute Gasteiger partial charge is 0.344 e. The van der Waals surface area contributed by atoms with Crippen molar-refractivity contribution in [3.8, 4) is 23.1 Å². The number of carbonyl (C=O) groups excluding carboxylic acids is 1. The molecule has 0 bridgehead atoms. The summed E-state index contributed by atoms with van der Waals surface area (Å²) < 4.78 is 38.2. The van der Waals surface area contributed by atoms with Crippen molar-refractivity contribution < 1.29 is 18.0 Å². The van der Waals surface area contributed by atoms with Crippen LogP contribution in [0.4, 0.5) is 13.2 Å². The molecule has 5 nitrogen and oxygen atoms in total. The van der Waals surface area contributed by atoms with Crippen LogP contribution >= 0.6 is 0 Å². The molecule has 1 aliphatic rings. The minimum atomic E-state index is -4.39. The molecule has 1 atom stereocenters. The van der Waals surface area contributed by atoms with Crippen LogP contribution in [0.2, 0.25) is 0 Å². The van der Waals surface area contributed by atoms with Gasteiger partial charge in [-0.25, -0.2) is 9.97 Å². The van der Waals surface area contributed by atoms with Gasteiger partial charge in [0.1, 0.15) is 5.54 Å². The van der Waals surface area contributed by atoms with Gasteiger partial charge in [-0.3, -0.25) is 4.79 Å². The maximum atomic E-state index is 12.7. The molecule has 1 aliphatic heterocycles. The molecular weight excluding hydrogens is 369 g/mol. The number of nitrogens with zero attached hydrogens (tertiary/aromatic N) is 3. The molecule has 146 valence electrons. The van der Waals surface area contributed by atoms with Gasteiger partial charge in [0.2, 0.25) is 11.7 Å². The lowest BCUT2D eigenvalue weighted by atomic mass is 9.95. The number of benzene rings is 1. The van der Waals surface area contributed by atoms with E-state index in [0.29, 0.717) is 29.9 Å². The average Bonchev–Trinajstić information content (AvgIpc) is 2.88. The Labute approximate surface area is 160 Å². The van der Waals surface area contributed by atoms with E-state index >= 15 is 0 Å². The van der Waals surface area contributed by atoms with Gasteiger partial charge in [0.05, 0.1) is 11.3 Å². The van der Waals surface area contributed by atoms with Crippen molar-refractivity contribution >= 4 is 5.91 Å². The fourth-order valence-corrected chi connectivity index (χ4v) is 3.00. The van der Waals surface area contributed by atoms with E-state index in [1.807, 2.05) is 0 Å². The molecule has 3 rings (SSSR count). The number of likely N-dealkylation sites (tertiary alicyclic amines) is 1. The number of alkyl halides is 3. The number of aromatic nitrogens is 2. The Morgan fingerprint density at radius 3 is 2.50 bits per heavy atom. The number of amides is 1. The molecule has 2 heterocycles. The summed E-state index contributed by atoms with van der Waals surface area (Å²) in [5.74, 6) is 5.78. The van der Waals surface area contributed by atoms with Crippen LogP contribution in [-0.4, -0.2) is 39.9 Å². The van der Waals surface area contributed by atoms with E-state index in [1.165, 1.54) is 12.1 Å². The lowest BCUT2D eigenvalue weighted by molar-refractivity contribution is -0.137. The van der Waals surface area contributed by atoms with E-state index in [-0.39, 0.29) is 18.2 Å². The molecular formula is C20H19F3N4O. The molecule has 1 amide bonds. The van der Waals surface area contributed by atoms with E-state index in [1.54, 1.807) is 24.9 Å². The first-order chi connectivity index (χ1) is 13.1. The molecule has 0 radical (unpaired) electrons. The van der Waals surface area contributed by atoms with Gasteiger partial charge >= 0.3 is 6.18 Å². The van der Waals surface area contributed by atoms with E-state index in [4.69, 9.17) is 5.73 Å². The number of rotatable bonds is 2. The fraction of sp³-hybridized carbons (Fsp3) is 0.350. The van der Waals surface area contributed by atoms with Gasteiger partial charge < -0.3 is 10.6 Å². The second kappa shape index (κ2) is 7.24. The Hall–Kier alpha value is -2.92. The number of hydrogen-bond donors (Lipinski definition) is 1. The first kappa shape index (κ1) is 19.8. The number of halogens is 3. The Bertz CT molecular complexity index is 960. The van der Waals surface area contributed by atoms with Crippen LogP contribution in [-0.2, 0) is 11.0 Å². The highest BCUT2D eigenvalue weighted by Gasteiger charge is 2.41. The van der Waals surface area contributed by atoms with Crippen molar-refractivity contribution in [2.45, 2.75) is 31.5 Å². The van der Waals surface area contributed by atoms with E-state index < -0.39 is 17.3 Å². The van der Waals surface area contributed by atoms with Crippen LogP contribution in [0.3, 0.4) is 0 Å². The van der Waals surface area contributed by atoms with Crippen LogP contribution < -0.4 is 5.73 Å². The Balaban J connectivity index is 1.82. The molecule has 28 heavy (non-hydrogen) atoms. The summed E-state index contributed by atoms with van der Waals surface area (Å²) >= 11 is 0. The maximum Gasteiger partial charge on any atom is 0.416 e. The molecule has 2 N–H and O–H groups in total. The number of nitrogens with two attached hydrogens (primary N) is 1. The minimum absolute atomic E-state index is 0.141. The first-order valence-corrected chi connectivity index (χ1v) is 8.65. The van der Waals surface area contributed by atoms with Crippen LogP contribution in [0.1, 0.15) is 29.9 Å². The van der Waals surface area contributed by atoms with Crippen LogP contribution in [0.5, 0.6) is 0 Å². The van der Waals surface area contributed by atoms with E-state index in [9.17, 15) is 18.0 Å². The Morgan fingerprint density at radius 1 is 1.25 bits per heavy atom. The van der Waals surface area contributed by atoms with Crippen molar-refractivity contribution in [3.05, 3.63) is 47.4 Å². The Morgan fingerprint density at radius 2 is 1.93 bits per heavy atom. The number of carbonyl (C=O) groups is 1. The predicted octanol–water partition coefficient (Wildman–Crippen LogP) is 2.77. The van der Waals surface area contributed by atoms with Gasteiger partial charge in [-0.15, -0.1) is 0 Å². The summed E-state index contributed by atoms with van der Waals surface area (Å²) in [6.07, 6.45) is -3.67. The first-order valence-electron chi connectivity index (χ1n) is 8.65. The second-order valence-electron chi connectivity index (χ2n) is 6.90. The highest BCUT2D eigenvalue weighted by molar-refractivity contribution is 5.88. The van der Waals surface area contributed by atoms with E-state index in [2.05, 4.69) is 21.8 Å². The van der Waals surface area contributed by atoms with Crippen molar-refractivity contribution in [3.63, 3.8) is 0 Å². The second-order valence-corrected chi connectivity index (χ2v) is 6.90. The van der Waals surface area contributed by atoms with Gasteiger partial charge in [-0.1, -0.05) is 18.1 Å². The largest absolute Gasteiger partial charge is 0.416 e. The molecule has 0 aliphatic carbocycles. The Kier molecular flexibility index (Phi) is 5.13. The molecule has 1 aromatic heterocycles. The van der Waals surface area contributed by atoms with Crippen LogP contribution in [0, 0.1) is 18.8 Å².